The lowest BCUT2D eigenvalue weighted by atomic mass is 9.87. The number of benzene rings is 1. The zero-order chi connectivity index (χ0) is 9.35. The van der Waals surface area contributed by atoms with Crippen LogP contribution in [0.25, 0.3) is 0 Å². The second-order valence-corrected chi connectivity index (χ2v) is 3.99. The van der Waals surface area contributed by atoms with Crippen LogP contribution < -0.4 is 5.73 Å². The van der Waals surface area contributed by atoms with Crippen molar-refractivity contribution in [3.8, 4) is 0 Å². The van der Waals surface area contributed by atoms with E-state index in [-0.39, 0.29) is 16.9 Å². The highest BCUT2D eigenvalue weighted by Crippen LogP contribution is 2.24. The Morgan fingerprint density at radius 3 is 2.25 bits per heavy atom. The molecule has 0 aliphatic carbocycles. The minimum atomic E-state index is -0.344. The molecule has 0 spiro atoms. The quantitative estimate of drug-likeness (QED) is 0.591. The van der Waals surface area contributed by atoms with E-state index >= 15 is 0 Å². The zero-order valence-electron chi connectivity index (χ0n) is 7.69. The van der Waals surface area contributed by atoms with Crippen molar-refractivity contribution in [2.45, 2.75) is 26.2 Å². The lowest BCUT2D eigenvalue weighted by Gasteiger charge is -2.19. The second kappa shape index (κ2) is 2.77. The van der Waals surface area contributed by atoms with Crippen molar-refractivity contribution in [2.75, 3.05) is 5.73 Å². The Morgan fingerprint density at radius 1 is 1.25 bits per heavy atom. The van der Waals surface area contributed by atoms with Crippen molar-refractivity contribution in [1.82, 2.24) is 0 Å². The molecule has 12 heavy (non-hydrogen) atoms. The first-order chi connectivity index (χ1) is 5.41. The molecule has 0 saturated carbocycles. The van der Waals surface area contributed by atoms with Gasteiger partial charge in [0.1, 0.15) is 5.82 Å². The Labute approximate surface area is 72.4 Å². The second-order valence-electron chi connectivity index (χ2n) is 3.99. The average molecular weight is 167 g/mol. The molecule has 0 fully saturated rings. The summed E-state index contributed by atoms with van der Waals surface area (Å²) in [5, 5.41) is 0. The molecule has 0 radical (unpaired) electrons. The summed E-state index contributed by atoms with van der Waals surface area (Å²) in [7, 11) is 0. The molecule has 1 nitrogen and oxygen atoms in total. The highest BCUT2D eigenvalue weighted by Gasteiger charge is 2.14. The third-order valence-electron chi connectivity index (χ3n) is 1.86. The van der Waals surface area contributed by atoms with Gasteiger partial charge in [-0.2, -0.15) is 0 Å². The molecule has 0 amide bonds. The van der Waals surface area contributed by atoms with Gasteiger partial charge in [0.2, 0.25) is 0 Å². The lowest BCUT2D eigenvalue weighted by molar-refractivity contribution is 0.584. The fourth-order valence-electron chi connectivity index (χ4n) is 1.01. The molecule has 66 valence electrons. The molecule has 2 N–H and O–H groups in total. The van der Waals surface area contributed by atoms with Crippen molar-refractivity contribution in [1.29, 1.82) is 0 Å². The third kappa shape index (κ3) is 1.76. The van der Waals surface area contributed by atoms with E-state index in [0.717, 1.165) is 5.56 Å². The highest BCUT2D eigenvalue weighted by atomic mass is 19.1. The van der Waals surface area contributed by atoms with Gasteiger partial charge in [-0.1, -0.05) is 26.8 Å². The van der Waals surface area contributed by atoms with Gasteiger partial charge in [0.15, 0.2) is 0 Å². The minimum absolute atomic E-state index is 0.0296. The third-order valence-corrected chi connectivity index (χ3v) is 1.86. The van der Waals surface area contributed by atoms with Crippen LogP contribution >= 0.6 is 0 Å². The zero-order valence-corrected chi connectivity index (χ0v) is 7.69. The Kier molecular flexibility index (Phi) is 2.09. The summed E-state index contributed by atoms with van der Waals surface area (Å²) in [6, 6.07) is 4.87. The van der Waals surface area contributed by atoms with Gasteiger partial charge in [0, 0.05) is 0 Å². The minimum Gasteiger partial charge on any atom is -0.396 e. The number of hydrogen-bond donors (Lipinski definition) is 1. The molecule has 2 heteroatoms. The summed E-state index contributed by atoms with van der Waals surface area (Å²) >= 11 is 0. The predicted molar refractivity (Wildman–Crippen MR) is 49.5 cm³/mol. The van der Waals surface area contributed by atoms with E-state index < -0.39 is 0 Å². The first-order valence-corrected chi connectivity index (χ1v) is 3.97. The van der Waals surface area contributed by atoms with E-state index in [1.54, 1.807) is 12.1 Å². The molecule has 0 aliphatic heterocycles. The van der Waals surface area contributed by atoms with Gasteiger partial charge in [-0.3, -0.25) is 0 Å². The lowest BCUT2D eigenvalue weighted by Crippen LogP contribution is -2.11. The molecular formula is C10H14FN. The van der Waals surface area contributed by atoms with Gasteiger partial charge in [0.05, 0.1) is 5.69 Å². The fraction of sp³-hybridized carbons (Fsp3) is 0.400. The Balaban J connectivity index is 3.14. The summed E-state index contributed by atoms with van der Waals surface area (Å²) in [5.41, 5.74) is 6.75. The highest BCUT2D eigenvalue weighted by molar-refractivity contribution is 5.44. The number of nitrogen functional groups attached to an aromatic ring is 1. The monoisotopic (exact) mass is 167 g/mol. The maximum Gasteiger partial charge on any atom is 0.146 e. The van der Waals surface area contributed by atoms with Gasteiger partial charge in [-0.15, -0.1) is 0 Å². The van der Waals surface area contributed by atoms with Crippen molar-refractivity contribution >= 4 is 5.69 Å². The van der Waals surface area contributed by atoms with Gasteiger partial charge in [-0.25, -0.2) is 4.39 Å². The molecule has 1 rings (SSSR count). The van der Waals surface area contributed by atoms with E-state index in [2.05, 4.69) is 20.8 Å². The predicted octanol–water partition coefficient (Wildman–Crippen LogP) is 2.71. The number of anilines is 1. The van der Waals surface area contributed by atoms with E-state index in [1.165, 1.54) is 6.07 Å². The summed E-state index contributed by atoms with van der Waals surface area (Å²) < 4.78 is 12.8. The van der Waals surface area contributed by atoms with E-state index in [0.29, 0.717) is 0 Å². The summed E-state index contributed by atoms with van der Waals surface area (Å²) in [6.45, 7) is 6.21. The summed E-state index contributed by atoms with van der Waals surface area (Å²) in [4.78, 5) is 0. The molecule has 1 aromatic carbocycles. The van der Waals surface area contributed by atoms with E-state index in [9.17, 15) is 4.39 Å². The van der Waals surface area contributed by atoms with Crippen LogP contribution in [0, 0.1) is 5.82 Å². The van der Waals surface area contributed by atoms with Crippen LogP contribution in [0.4, 0.5) is 10.1 Å². The van der Waals surface area contributed by atoms with Crippen LogP contribution in [0.5, 0.6) is 0 Å². The van der Waals surface area contributed by atoms with Crippen molar-refractivity contribution in [3.05, 3.63) is 29.6 Å². The van der Waals surface area contributed by atoms with Crippen LogP contribution in [-0.2, 0) is 5.41 Å². The summed E-state index contributed by atoms with van der Waals surface area (Å²) in [6.07, 6.45) is 0. The van der Waals surface area contributed by atoms with Gasteiger partial charge in [0.25, 0.3) is 0 Å². The molecule has 0 bridgehead atoms. The molecule has 0 atom stereocenters. The number of halogens is 1. The maximum absolute atomic E-state index is 12.8. The standard InChI is InChI=1S/C10H14FN/c1-10(2,3)7-4-5-8(11)9(12)6-7/h4-6H,12H2,1-3H3. The fourth-order valence-corrected chi connectivity index (χ4v) is 1.01. The topological polar surface area (TPSA) is 26.0 Å². The molecule has 0 unspecified atom stereocenters. The Bertz CT molecular complexity index is 286. The molecule has 0 saturated heterocycles. The molecule has 0 heterocycles. The Hall–Kier alpha value is -1.05. The van der Waals surface area contributed by atoms with Crippen molar-refractivity contribution < 1.29 is 4.39 Å². The maximum atomic E-state index is 12.8. The number of hydrogen-bond acceptors (Lipinski definition) is 1. The van der Waals surface area contributed by atoms with Gasteiger partial charge in [-0.05, 0) is 23.1 Å². The SMILES string of the molecule is CC(C)(C)c1ccc(F)c(N)c1. The molecule has 1 aromatic rings. The summed E-state index contributed by atoms with van der Waals surface area (Å²) in [5.74, 6) is -0.344. The first-order valence-electron chi connectivity index (χ1n) is 3.97. The van der Waals surface area contributed by atoms with Crippen LogP contribution in [0.3, 0.4) is 0 Å². The number of nitrogens with two attached hydrogens (primary N) is 1. The Morgan fingerprint density at radius 2 is 1.83 bits per heavy atom. The number of rotatable bonds is 0. The van der Waals surface area contributed by atoms with Crippen LogP contribution in [0.15, 0.2) is 18.2 Å². The average Bonchev–Trinajstić information content (AvgIpc) is 1.92. The van der Waals surface area contributed by atoms with Crippen LogP contribution in [-0.4, -0.2) is 0 Å². The van der Waals surface area contributed by atoms with E-state index in [4.69, 9.17) is 5.73 Å². The molecule has 0 aromatic heterocycles. The van der Waals surface area contributed by atoms with E-state index in [1.807, 2.05) is 0 Å². The normalized spacial score (nSPS) is 11.7. The first kappa shape index (κ1) is 9.04. The van der Waals surface area contributed by atoms with Crippen LogP contribution in [0.1, 0.15) is 26.3 Å². The van der Waals surface area contributed by atoms with Crippen molar-refractivity contribution in [2.24, 2.45) is 0 Å². The molecule has 0 aliphatic rings. The largest absolute Gasteiger partial charge is 0.396 e. The van der Waals surface area contributed by atoms with Gasteiger partial charge >= 0.3 is 0 Å². The molecular weight excluding hydrogens is 153 g/mol. The van der Waals surface area contributed by atoms with Crippen molar-refractivity contribution in [3.63, 3.8) is 0 Å². The smallest absolute Gasteiger partial charge is 0.146 e. The van der Waals surface area contributed by atoms with Gasteiger partial charge < -0.3 is 5.73 Å². The van der Waals surface area contributed by atoms with Crippen LogP contribution in [0.2, 0.25) is 0 Å².